The molecule has 1 saturated heterocycles. The number of carbonyl (C=O) groups excluding carboxylic acids is 1. The van der Waals surface area contributed by atoms with Gasteiger partial charge in [-0.15, -0.1) is 0 Å². The maximum Gasteiger partial charge on any atom is 0.432 e. The molecule has 3 heterocycles. The summed E-state index contributed by atoms with van der Waals surface area (Å²) in [6, 6.07) is 8.24. The number of benzene rings is 1. The molecule has 30 heavy (non-hydrogen) atoms. The summed E-state index contributed by atoms with van der Waals surface area (Å²) >= 11 is 0. The van der Waals surface area contributed by atoms with E-state index in [1.807, 2.05) is 18.2 Å². The summed E-state index contributed by atoms with van der Waals surface area (Å²) in [5, 5.41) is 11.1. The van der Waals surface area contributed by atoms with Crippen LogP contribution in [-0.2, 0) is 6.18 Å². The summed E-state index contributed by atoms with van der Waals surface area (Å²) < 4.78 is 38.8. The molecule has 148 valence electrons. The second-order valence-corrected chi connectivity index (χ2v) is 6.46. The molecule has 0 unspecified atom stereocenters. The lowest BCUT2D eigenvalue weighted by Crippen LogP contribution is -2.34. The number of aromatic nitrogens is 2. The first-order valence-electron chi connectivity index (χ1n) is 8.63. The number of amides is 2. The summed E-state index contributed by atoms with van der Waals surface area (Å²) in [4.78, 5) is 26.1. The lowest BCUT2D eigenvalue weighted by atomic mass is 10.1. The molecule has 1 aromatic carbocycles. The Morgan fingerprint density at radius 3 is 2.67 bits per heavy atom. The Labute approximate surface area is 168 Å². The molecule has 1 aliphatic rings. The predicted molar refractivity (Wildman–Crippen MR) is 102 cm³/mol. The van der Waals surface area contributed by atoms with E-state index in [0.29, 0.717) is 17.1 Å². The summed E-state index contributed by atoms with van der Waals surface area (Å²) in [6.07, 6.45) is -0.805. The van der Waals surface area contributed by atoms with E-state index in [9.17, 15) is 23.2 Å². The fourth-order valence-corrected chi connectivity index (χ4v) is 3.35. The van der Waals surface area contributed by atoms with E-state index < -0.39 is 23.9 Å². The first-order valence-corrected chi connectivity index (χ1v) is 8.63. The summed E-state index contributed by atoms with van der Waals surface area (Å²) in [5.41, 5.74) is -1.29. The molecule has 0 saturated carbocycles. The van der Waals surface area contributed by atoms with Crippen molar-refractivity contribution in [2.24, 2.45) is 0 Å². The van der Waals surface area contributed by atoms with Crippen LogP contribution in [-0.4, -0.2) is 28.6 Å². The van der Waals surface area contributed by atoms with Gasteiger partial charge in [0.15, 0.2) is 0 Å². The lowest BCUT2D eigenvalue weighted by Gasteiger charge is -2.21. The van der Waals surface area contributed by atoms with Crippen LogP contribution in [0.15, 0.2) is 48.9 Å². The van der Waals surface area contributed by atoms with Crippen molar-refractivity contribution in [2.75, 3.05) is 16.3 Å². The van der Waals surface area contributed by atoms with Crippen LogP contribution in [0.5, 0.6) is 0 Å². The van der Waals surface area contributed by atoms with Gasteiger partial charge in [0.2, 0.25) is 5.69 Å². The number of carbonyl (C=O) groups is 1. The molecule has 1 atom stereocenters. The maximum atomic E-state index is 13.2. The Morgan fingerprint density at radius 2 is 1.97 bits per heavy atom. The average Bonchev–Trinajstić information content (AvgIpc) is 3.08. The van der Waals surface area contributed by atoms with E-state index in [1.54, 1.807) is 18.3 Å². The Hall–Kier alpha value is -4.18. The molecule has 0 aliphatic carbocycles. The smallest absolute Gasteiger partial charge is 0.299 e. The molecular formula is C20H11F3N6O. The molecule has 7 nitrogen and oxygen atoms in total. The minimum absolute atomic E-state index is 0.0843. The van der Waals surface area contributed by atoms with Gasteiger partial charge in [0, 0.05) is 23.2 Å². The van der Waals surface area contributed by atoms with Gasteiger partial charge in [-0.2, -0.15) is 18.4 Å². The van der Waals surface area contributed by atoms with Crippen molar-refractivity contribution < 1.29 is 18.0 Å². The van der Waals surface area contributed by atoms with Crippen LogP contribution in [0.2, 0.25) is 0 Å². The Bertz CT molecular complexity index is 1240. The number of alkyl halides is 3. The summed E-state index contributed by atoms with van der Waals surface area (Å²) in [6.45, 7) is 7.11. The highest BCUT2D eigenvalue weighted by molar-refractivity contribution is 6.12. The van der Waals surface area contributed by atoms with Crippen LogP contribution >= 0.6 is 0 Å². The van der Waals surface area contributed by atoms with Gasteiger partial charge in [0.1, 0.15) is 11.7 Å². The molecule has 1 aliphatic heterocycles. The zero-order chi connectivity index (χ0) is 21.5. The topological polar surface area (TPSA) is 77.5 Å². The molecule has 4 rings (SSSR count). The van der Waals surface area contributed by atoms with Crippen molar-refractivity contribution in [2.45, 2.75) is 12.2 Å². The molecule has 3 aromatic rings. The SMILES string of the molecule is [C-]#[N+]c1cc(C(F)(F)F)ncc1N1C[C@@H](C#N)N(c2cncc3ccccc23)C1=O. The normalized spacial score (nSPS) is 16.6. The van der Waals surface area contributed by atoms with Crippen molar-refractivity contribution in [3.8, 4) is 6.07 Å². The van der Waals surface area contributed by atoms with Gasteiger partial charge >= 0.3 is 12.2 Å². The predicted octanol–water partition coefficient (Wildman–Crippen LogP) is 4.54. The Balaban J connectivity index is 1.80. The van der Waals surface area contributed by atoms with Crippen LogP contribution in [0, 0.1) is 17.9 Å². The largest absolute Gasteiger partial charge is 0.432 e. The number of anilines is 2. The van der Waals surface area contributed by atoms with Crippen molar-refractivity contribution in [1.29, 1.82) is 5.26 Å². The van der Waals surface area contributed by atoms with Crippen LogP contribution in [0.25, 0.3) is 15.6 Å². The fourth-order valence-electron chi connectivity index (χ4n) is 3.35. The average molecular weight is 408 g/mol. The maximum absolute atomic E-state index is 13.2. The molecule has 0 spiro atoms. The quantitative estimate of drug-likeness (QED) is 0.584. The minimum atomic E-state index is -4.72. The van der Waals surface area contributed by atoms with Gasteiger partial charge in [0.25, 0.3) is 0 Å². The van der Waals surface area contributed by atoms with Crippen molar-refractivity contribution >= 4 is 33.9 Å². The monoisotopic (exact) mass is 408 g/mol. The molecule has 0 radical (unpaired) electrons. The minimum Gasteiger partial charge on any atom is -0.299 e. The highest BCUT2D eigenvalue weighted by Gasteiger charge is 2.41. The van der Waals surface area contributed by atoms with E-state index in [4.69, 9.17) is 6.57 Å². The first kappa shape index (κ1) is 19.2. The number of pyridine rings is 2. The van der Waals surface area contributed by atoms with Gasteiger partial charge in [-0.1, -0.05) is 24.3 Å². The van der Waals surface area contributed by atoms with E-state index >= 15 is 0 Å². The van der Waals surface area contributed by atoms with Crippen molar-refractivity contribution in [3.63, 3.8) is 0 Å². The van der Waals surface area contributed by atoms with Gasteiger partial charge in [-0.3, -0.25) is 19.8 Å². The number of hydrogen-bond acceptors (Lipinski definition) is 4. The third-order valence-corrected chi connectivity index (χ3v) is 4.72. The molecule has 10 heteroatoms. The first-order chi connectivity index (χ1) is 14.3. The second-order valence-electron chi connectivity index (χ2n) is 6.46. The van der Waals surface area contributed by atoms with Crippen LogP contribution < -0.4 is 9.80 Å². The second kappa shape index (κ2) is 7.01. The van der Waals surface area contributed by atoms with E-state index in [0.717, 1.165) is 16.5 Å². The molecule has 1 fully saturated rings. The molecule has 0 bridgehead atoms. The van der Waals surface area contributed by atoms with Gasteiger partial charge in [-0.05, 0) is 6.07 Å². The molecule has 2 amide bonds. The zero-order valence-electron chi connectivity index (χ0n) is 15.1. The van der Waals surface area contributed by atoms with Crippen molar-refractivity contribution in [3.05, 3.63) is 66.0 Å². The summed E-state index contributed by atoms with van der Waals surface area (Å²) in [5.74, 6) is 0. The van der Waals surface area contributed by atoms with Gasteiger partial charge in [0.05, 0.1) is 36.8 Å². The highest BCUT2D eigenvalue weighted by atomic mass is 19.4. The van der Waals surface area contributed by atoms with E-state index in [2.05, 4.69) is 14.8 Å². The Kier molecular flexibility index (Phi) is 4.47. The number of fused-ring (bicyclic) bond motifs is 1. The highest BCUT2D eigenvalue weighted by Crippen LogP contribution is 2.39. The third kappa shape index (κ3) is 3.05. The van der Waals surface area contributed by atoms with Gasteiger partial charge in [-0.25, -0.2) is 9.64 Å². The zero-order valence-corrected chi connectivity index (χ0v) is 15.1. The standard InChI is InChI=1S/C20H11F3N6O/c1-25-15-6-18(20(21,22)23)27-10-17(15)28-11-13(7-24)29(19(28)30)16-9-26-8-12-4-2-3-5-14(12)16/h2-6,8-10,13H,11H2/t13-/m1/s1. The number of nitrogens with zero attached hydrogens (tertiary/aromatic N) is 6. The molecule has 2 aromatic heterocycles. The molecule has 0 N–H and O–H groups in total. The number of hydrogen-bond donors (Lipinski definition) is 0. The third-order valence-electron chi connectivity index (χ3n) is 4.72. The van der Waals surface area contributed by atoms with E-state index in [-0.39, 0.29) is 17.9 Å². The molecular weight excluding hydrogens is 397 g/mol. The van der Waals surface area contributed by atoms with E-state index in [1.165, 1.54) is 11.1 Å². The summed E-state index contributed by atoms with van der Waals surface area (Å²) in [7, 11) is 0. The van der Waals surface area contributed by atoms with Crippen LogP contribution in [0.4, 0.5) is 35.0 Å². The lowest BCUT2D eigenvalue weighted by molar-refractivity contribution is -0.141. The number of urea groups is 1. The van der Waals surface area contributed by atoms with Gasteiger partial charge < -0.3 is 0 Å². The van der Waals surface area contributed by atoms with Crippen LogP contribution in [0.3, 0.4) is 0 Å². The van der Waals surface area contributed by atoms with Crippen molar-refractivity contribution in [1.82, 2.24) is 9.97 Å². The Morgan fingerprint density at radius 1 is 1.20 bits per heavy atom. The van der Waals surface area contributed by atoms with Crippen LogP contribution in [0.1, 0.15) is 5.69 Å². The number of rotatable bonds is 2. The number of nitriles is 1. The fraction of sp³-hybridized carbons (Fsp3) is 0.150. The number of halogens is 3.